The summed E-state index contributed by atoms with van der Waals surface area (Å²) in [7, 11) is -4.33. The van der Waals surface area contributed by atoms with Crippen molar-refractivity contribution in [3.63, 3.8) is 0 Å². The molecule has 0 bridgehead atoms. The molecule has 1 aliphatic heterocycles. The second kappa shape index (κ2) is 12.2. The van der Waals surface area contributed by atoms with Gasteiger partial charge in [-0.3, -0.25) is 13.9 Å². The number of imidazole rings is 1. The number of hydrogen-bond acceptors (Lipinski definition) is 11. The van der Waals surface area contributed by atoms with Crippen LogP contribution in [0.25, 0.3) is 11.2 Å². The van der Waals surface area contributed by atoms with Crippen LogP contribution in [-0.2, 0) is 23.4 Å². The van der Waals surface area contributed by atoms with E-state index in [9.17, 15) is 14.5 Å². The monoisotopic (exact) mass is 616 g/mol. The van der Waals surface area contributed by atoms with Crippen molar-refractivity contribution in [1.29, 1.82) is 0 Å². The zero-order valence-corrected chi connectivity index (χ0v) is 25.0. The average Bonchev–Trinajstić information content (AvgIpc) is 3.62. The molecule has 1 unspecified atom stereocenters. The first-order valence-corrected chi connectivity index (χ1v) is 15.4. The van der Waals surface area contributed by atoms with Crippen LogP contribution >= 0.6 is 7.75 Å². The van der Waals surface area contributed by atoms with Gasteiger partial charge in [0, 0.05) is 6.04 Å². The van der Waals surface area contributed by atoms with Crippen LogP contribution in [0.2, 0.25) is 0 Å². The summed E-state index contributed by atoms with van der Waals surface area (Å²) in [6.45, 7) is 5.84. The molecule has 15 heteroatoms. The zero-order chi connectivity index (χ0) is 30.9. The van der Waals surface area contributed by atoms with E-state index >= 15 is 4.39 Å². The number of anilines is 1. The van der Waals surface area contributed by atoms with Gasteiger partial charge in [0.2, 0.25) is 5.67 Å². The summed E-state index contributed by atoms with van der Waals surface area (Å²) in [6, 6.07) is 7.28. The van der Waals surface area contributed by atoms with Gasteiger partial charge < -0.3 is 24.4 Å². The number of benzene rings is 1. The first kappa shape index (κ1) is 30.8. The Balaban J connectivity index is 1.39. The van der Waals surface area contributed by atoms with E-state index in [2.05, 4.69) is 25.4 Å². The summed E-state index contributed by atoms with van der Waals surface area (Å²) in [4.78, 5) is 25.6. The summed E-state index contributed by atoms with van der Waals surface area (Å²) in [6.07, 6.45) is 3.63. The highest BCUT2D eigenvalue weighted by molar-refractivity contribution is 7.52. The quantitative estimate of drug-likeness (QED) is 0.155. The molecule has 2 aliphatic rings. The molecule has 2 aromatic heterocycles. The zero-order valence-electron chi connectivity index (χ0n) is 24.1. The van der Waals surface area contributed by atoms with Gasteiger partial charge >= 0.3 is 13.7 Å². The Bertz CT molecular complexity index is 1560. The van der Waals surface area contributed by atoms with Gasteiger partial charge in [-0.15, -0.1) is 6.42 Å². The molecule has 1 aliphatic carbocycles. The highest BCUT2D eigenvalue weighted by Gasteiger charge is 2.58. The van der Waals surface area contributed by atoms with Crippen LogP contribution in [-0.4, -0.2) is 73.3 Å². The topological polar surface area (TPSA) is 159 Å². The number of fused-ring (bicyclic) bond motifs is 1. The van der Waals surface area contributed by atoms with Gasteiger partial charge in [0.1, 0.15) is 29.8 Å². The molecule has 230 valence electrons. The number of aromatic nitrogens is 4. The van der Waals surface area contributed by atoms with E-state index in [4.69, 9.17) is 24.9 Å². The molecule has 3 N–H and O–H groups in total. The van der Waals surface area contributed by atoms with Crippen LogP contribution in [0.15, 0.2) is 36.7 Å². The number of esters is 1. The number of aryl methyl sites for hydroxylation is 1. The maximum absolute atomic E-state index is 16.3. The number of carbonyl (C=O) groups is 1. The highest BCUT2D eigenvalue weighted by Crippen LogP contribution is 2.48. The second-order valence-corrected chi connectivity index (χ2v) is 12.5. The lowest BCUT2D eigenvalue weighted by molar-refractivity contribution is -0.149. The molecule has 5 rings (SSSR count). The first-order valence-electron chi connectivity index (χ1n) is 13.9. The lowest BCUT2D eigenvalue weighted by atomic mass is 9.97. The molecule has 0 radical (unpaired) electrons. The first-order chi connectivity index (χ1) is 20.4. The predicted octanol–water partition coefficient (Wildman–Crippen LogP) is 3.44. The minimum Gasteiger partial charge on any atom is -0.462 e. The second-order valence-electron chi connectivity index (χ2n) is 10.8. The van der Waals surface area contributed by atoms with Crippen molar-refractivity contribution in [1.82, 2.24) is 24.6 Å². The lowest BCUT2D eigenvalue weighted by Gasteiger charge is -2.25. The van der Waals surface area contributed by atoms with Crippen molar-refractivity contribution in [2.45, 2.75) is 82.8 Å². The fraction of sp³-hybridized carbons (Fsp3) is 0.500. The molecule has 1 aromatic carbocycles. The molecule has 3 heterocycles. The van der Waals surface area contributed by atoms with Crippen LogP contribution < -0.4 is 14.9 Å². The van der Waals surface area contributed by atoms with E-state index in [0.29, 0.717) is 17.2 Å². The van der Waals surface area contributed by atoms with Crippen molar-refractivity contribution in [3.8, 4) is 18.1 Å². The Hall–Kier alpha value is -3.60. The summed E-state index contributed by atoms with van der Waals surface area (Å²) < 4.78 is 53.8. The predicted molar refractivity (Wildman–Crippen MR) is 154 cm³/mol. The maximum Gasteiger partial charge on any atom is 0.459 e. The van der Waals surface area contributed by atoms with Gasteiger partial charge in [-0.05, 0) is 52.7 Å². The minimum absolute atomic E-state index is 0.174. The minimum atomic E-state index is -4.33. The van der Waals surface area contributed by atoms with Gasteiger partial charge in [0.15, 0.2) is 23.2 Å². The van der Waals surface area contributed by atoms with E-state index in [0.717, 1.165) is 12.8 Å². The number of nitrogens with zero attached hydrogens (tertiary/aromatic N) is 4. The SMILES string of the molecule is C#C[C@@]1(F)[C@H](O)[C@@H](COP(=O)(N[C@@H](C)C(=O)OC(C)C)Oc2ccccc2)O[C@H]1n1cnc2c(NC3CC3)nc(C)nc21. The smallest absolute Gasteiger partial charge is 0.459 e. The number of ether oxygens (including phenoxy) is 2. The van der Waals surface area contributed by atoms with Crippen LogP contribution in [0, 0.1) is 19.3 Å². The number of aliphatic hydroxyl groups is 1. The normalized spacial score (nSPS) is 25.7. The van der Waals surface area contributed by atoms with E-state index in [1.165, 1.54) is 30.0 Å². The third kappa shape index (κ3) is 6.66. The molecule has 0 amide bonds. The van der Waals surface area contributed by atoms with Gasteiger partial charge in [0.25, 0.3) is 0 Å². The largest absolute Gasteiger partial charge is 0.462 e. The maximum atomic E-state index is 16.3. The number of hydrogen-bond donors (Lipinski definition) is 3. The van der Waals surface area contributed by atoms with Crippen molar-refractivity contribution >= 4 is 30.7 Å². The summed E-state index contributed by atoms with van der Waals surface area (Å²) in [5.74, 6) is 2.41. The van der Waals surface area contributed by atoms with Crippen LogP contribution in [0.5, 0.6) is 5.75 Å². The molecular weight excluding hydrogens is 582 g/mol. The molecule has 13 nitrogen and oxygen atoms in total. The summed E-state index contributed by atoms with van der Waals surface area (Å²) >= 11 is 0. The van der Waals surface area contributed by atoms with Crippen molar-refractivity contribution in [2.75, 3.05) is 11.9 Å². The number of terminal acetylenes is 1. The van der Waals surface area contributed by atoms with Gasteiger partial charge in [-0.2, -0.15) is 5.09 Å². The van der Waals surface area contributed by atoms with Crippen LogP contribution in [0.1, 0.15) is 45.7 Å². The molecule has 1 saturated carbocycles. The average molecular weight is 617 g/mol. The lowest BCUT2D eigenvalue weighted by Crippen LogP contribution is -2.42. The molecule has 2 fully saturated rings. The van der Waals surface area contributed by atoms with Crippen LogP contribution in [0.3, 0.4) is 0 Å². The van der Waals surface area contributed by atoms with Crippen molar-refractivity contribution in [3.05, 3.63) is 42.5 Å². The van der Waals surface area contributed by atoms with Crippen molar-refractivity contribution in [2.24, 2.45) is 0 Å². The third-order valence-corrected chi connectivity index (χ3v) is 8.45. The molecule has 1 saturated heterocycles. The van der Waals surface area contributed by atoms with E-state index < -0.39 is 56.6 Å². The number of nitrogens with one attached hydrogen (secondary N) is 2. The number of para-hydroxylation sites is 1. The van der Waals surface area contributed by atoms with E-state index in [-0.39, 0.29) is 17.4 Å². The molecule has 43 heavy (non-hydrogen) atoms. The molecule has 0 spiro atoms. The number of halogens is 1. The van der Waals surface area contributed by atoms with E-state index in [1.54, 1.807) is 39.0 Å². The highest BCUT2D eigenvalue weighted by atomic mass is 31.2. The fourth-order valence-electron chi connectivity index (χ4n) is 4.54. The van der Waals surface area contributed by atoms with Gasteiger partial charge in [-0.25, -0.2) is 23.9 Å². The Morgan fingerprint density at radius 1 is 1.30 bits per heavy atom. The Morgan fingerprint density at radius 2 is 2.02 bits per heavy atom. The number of alkyl halides is 1. The van der Waals surface area contributed by atoms with Crippen LogP contribution in [0.4, 0.5) is 10.2 Å². The molecular formula is C28H34FN6O7P. The number of aliphatic hydroxyl groups excluding tert-OH is 1. The van der Waals surface area contributed by atoms with Gasteiger partial charge in [-0.1, -0.05) is 24.1 Å². The number of carbonyl (C=O) groups excluding carboxylic acids is 1. The van der Waals surface area contributed by atoms with Gasteiger partial charge in [0.05, 0.1) is 19.0 Å². The Labute approximate surface area is 248 Å². The molecule has 6 atom stereocenters. The Kier molecular flexibility index (Phi) is 8.74. The third-order valence-electron chi connectivity index (χ3n) is 6.81. The summed E-state index contributed by atoms with van der Waals surface area (Å²) in [5.41, 5.74) is -2.10. The molecule has 3 aromatic rings. The van der Waals surface area contributed by atoms with E-state index in [1.807, 2.05) is 5.92 Å². The fourth-order valence-corrected chi connectivity index (χ4v) is 6.04. The Morgan fingerprint density at radius 3 is 2.67 bits per heavy atom. The summed E-state index contributed by atoms with van der Waals surface area (Å²) in [5, 5.41) is 16.8. The van der Waals surface area contributed by atoms with Crippen molar-refractivity contribution < 1.29 is 37.4 Å². The standard InChI is InChI=1S/C28H34FN6O7P/c1-6-28(29)23(36)21(41-27(28)35-15-30-22-24(33-19-12-13-19)31-18(5)32-25(22)35)14-39-43(38,42-20-10-8-7-9-11-20)34-17(4)26(37)40-16(2)3/h1,7-11,15-17,19,21,23,27,36H,12-14H2,2-5H3,(H,34,38)(H,31,32,33)/t17-,21+,23+,27+,28+,43?/m0/s1. The number of rotatable bonds is 12.